The molecule has 0 bridgehead atoms. The highest BCUT2D eigenvalue weighted by molar-refractivity contribution is 9.10. The predicted molar refractivity (Wildman–Crippen MR) is 65.4 cm³/mol. The van der Waals surface area contributed by atoms with Crippen LogP contribution in [0.1, 0.15) is 6.42 Å². The number of hydrogen-bond donors (Lipinski definition) is 0. The van der Waals surface area contributed by atoms with Crippen molar-refractivity contribution in [2.24, 2.45) is 5.92 Å². The zero-order valence-corrected chi connectivity index (χ0v) is 10.7. The Morgan fingerprint density at radius 3 is 2.94 bits per heavy atom. The van der Waals surface area contributed by atoms with Crippen LogP contribution < -0.4 is 4.90 Å². The number of carbonyl (C=O) groups excluding carboxylic acids is 1. The largest absolute Gasteiger partial charge is 0.294 e. The lowest BCUT2D eigenvalue weighted by Crippen LogP contribution is -2.26. The first kappa shape index (κ1) is 11.5. The molecule has 0 saturated carbocycles. The molecular weight excluding hydrogens is 293 g/mol. The molecule has 16 heavy (non-hydrogen) atoms. The molecule has 0 aromatic carbocycles. The van der Waals surface area contributed by atoms with Gasteiger partial charge in [0.15, 0.2) is 11.0 Å². The summed E-state index contributed by atoms with van der Waals surface area (Å²) in [6.07, 6.45) is 2.26. The Hall–Kier alpha value is -0.940. The number of aromatic nitrogens is 2. The molecule has 1 fully saturated rings. The molecule has 1 atom stereocenters. The summed E-state index contributed by atoms with van der Waals surface area (Å²) in [5, 5.41) is 7.95. The molecule has 0 radical (unpaired) electrons. The van der Waals surface area contributed by atoms with Gasteiger partial charge in [0.05, 0.1) is 4.47 Å². The van der Waals surface area contributed by atoms with Gasteiger partial charge in [0, 0.05) is 18.9 Å². The van der Waals surface area contributed by atoms with Crippen molar-refractivity contribution in [3.8, 4) is 0 Å². The van der Waals surface area contributed by atoms with Crippen molar-refractivity contribution < 1.29 is 4.79 Å². The minimum Gasteiger partial charge on any atom is -0.294 e. The van der Waals surface area contributed by atoms with Crippen LogP contribution in [0.5, 0.6) is 0 Å². The molecule has 2 rings (SSSR count). The second kappa shape index (κ2) is 4.51. The maximum absolute atomic E-state index is 11.7. The quantitative estimate of drug-likeness (QED) is 0.788. The highest BCUT2D eigenvalue weighted by Crippen LogP contribution is 2.30. The lowest BCUT2D eigenvalue weighted by atomic mass is 10.1. The molecule has 0 aliphatic carbocycles. The molecule has 4 nitrogen and oxygen atoms in total. The highest BCUT2D eigenvalue weighted by Gasteiger charge is 2.31. The maximum atomic E-state index is 11.7. The van der Waals surface area contributed by atoms with Crippen LogP contribution in [0.2, 0.25) is 5.15 Å². The van der Waals surface area contributed by atoms with Crippen molar-refractivity contribution in [3.05, 3.63) is 28.3 Å². The molecule has 0 N–H and O–H groups in total. The van der Waals surface area contributed by atoms with E-state index in [1.165, 1.54) is 0 Å². The molecule has 1 unspecified atom stereocenters. The zero-order chi connectivity index (χ0) is 11.7. The summed E-state index contributed by atoms with van der Waals surface area (Å²) in [6, 6.07) is 1.62. The molecule has 1 aliphatic rings. The molecule has 2 heterocycles. The Kier molecular flexibility index (Phi) is 3.25. The Labute approximate surface area is 106 Å². The van der Waals surface area contributed by atoms with Crippen molar-refractivity contribution in [3.63, 3.8) is 0 Å². The average molecular weight is 303 g/mol. The van der Waals surface area contributed by atoms with Crippen LogP contribution in [0.4, 0.5) is 5.82 Å². The van der Waals surface area contributed by atoms with Crippen LogP contribution >= 0.6 is 27.5 Å². The first-order valence-electron chi connectivity index (χ1n) is 4.73. The topological polar surface area (TPSA) is 46.1 Å². The molecule has 1 aromatic heterocycles. The predicted octanol–water partition coefficient (Wildman–Crippen LogP) is 2.43. The third kappa shape index (κ3) is 2.10. The van der Waals surface area contributed by atoms with E-state index in [0.717, 1.165) is 0 Å². The number of anilines is 1. The standard InChI is InChI=1S/C10H9BrClN3O/c1-2-6-3-9(16)15(5-6)10-7(11)4-8(12)13-14-10/h2,4,6H,1,3,5H2. The Bertz CT molecular complexity index is 452. The van der Waals surface area contributed by atoms with Gasteiger partial charge in [-0.2, -0.15) is 0 Å². The summed E-state index contributed by atoms with van der Waals surface area (Å²) in [5.41, 5.74) is 0. The normalized spacial score (nSPS) is 20.2. The van der Waals surface area contributed by atoms with Crippen LogP contribution in [-0.4, -0.2) is 22.6 Å². The molecule has 6 heteroatoms. The van der Waals surface area contributed by atoms with Crippen LogP contribution in [0.3, 0.4) is 0 Å². The maximum Gasteiger partial charge on any atom is 0.228 e. The van der Waals surface area contributed by atoms with Gasteiger partial charge in [-0.1, -0.05) is 17.7 Å². The van der Waals surface area contributed by atoms with Gasteiger partial charge in [0.1, 0.15) is 0 Å². The number of hydrogen-bond acceptors (Lipinski definition) is 3. The fourth-order valence-electron chi connectivity index (χ4n) is 1.62. The van der Waals surface area contributed by atoms with E-state index in [9.17, 15) is 4.79 Å². The van der Waals surface area contributed by atoms with E-state index in [4.69, 9.17) is 11.6 Å². The SMILES string of the molecule is C=CC1CC(=O)N(c2nnc(Cl)cc2Br)C1. The van der Waals surface area contributed by atoms with Gasteiger partial charge in [-0.3, -0.25) is 9.69 Å². The summed E-state index contributed by atoms with van der Waals surface area (Å²) < 4.78 is 0.672. The summed E-state index contributed by atoms with van der Waals surface area (Å²) >= 11 is 9.01. The lowest BCUT2D eigenvalue weighted by molar-refractivity contribution is -0.117. The van der Waals surface area contributed by atoms with Crippen molar-refractivity contribution in [2.75, 3.05) is 11.4 Å². The fourth-order valence-corrected chi connectivity index (χ4v) is 2.41. The molecule has 1 aromatic rings. The second-order valence-corrected chi connectivity index (χ2v) is 4.78. The van der Waals surface area contributed by atoms with Gasteiger partial charge in [-0.05, 0) is 22.0 Å². The van der Waals surface area contributed by atoms with Gasteiger partial charge >= 0.3 is 0 Å². The molecule has 0 spiro atoms. The van der Waals surface area contributed by atoms with Gasteiger partial charge < -0.3 is 0 Å². The van der Waals surface area contributed by atoms with E-state index in [-0.39, 0.29) is 11.8 Å². The Morgan fingerprint density at radius 2 is 2.38 bits per heavy atom. The number of nitrogens with zero attached hydrogens (tertiary/aromatic N) is 3. The molecular formula is C10H9BrClN3O. The van der Waals surface area contributed by atoms with Crippen LogP contribution in [0.25, 0.3) is 0 Å². The van der Waals surface area contributed by atoms with Gasteiger partial charge in [0.2, 0.25) is 5.91 Å². The second-order valence-electron chi connectivity index (χ2n) is 3.54. The Morgan fingerprint density at radius 1 is 1.62 bits per heavy atom. The van der Waals surface area contributed by atoms with Crippen molar-refractivity contribution in [1.82, 2.24) is 10.2 Å². The van der Waals surface area contributed by atoms with Gasteiger partial charge in [0.25, 0.3) is 0 Å². The monoisotopic (exact) mass is 301 g/mol. The summed E-state index contributed by atoms with van der Waals surface area (Å²) in [4.78, 5) is 13.3. The average Bonchev–Trinajstić information content (AvgIpc) is 2.60. The van der Waals surface area contributed by atoms with Gasteiger partial charge in [-0.15, -0.1) is 16.8 Å². The number of rotatable bonds is 2. The van der Waals surface area contributed by atoms with E-state index >= 15 is 0 Å². The minimum absolute atomic E-state index is 0.0298. The van der Waals surface area contributed by atoms with Crippen LogP contribution in [-0.2, 0) is 4.79 Å². The highest BCUT2D eigenvalue weighted by atomic mass is 79.9. The van der Waals surface area contributed by atoms with Crippen molar-refractivity contribution >= 4 is 39.3 Å². The minimum atomic E-state index is 0.0298. The Balaban J connectivity index is 2.31. The molecule has 1 amide bonds. The fraction of sp³-hybridized carbons (Fsp3) is 0.300. The first-order chi connectivity index (χ1) is 7.61. The molecule has 1 saturated heterocycles. The molecule has 1 aliphatic heterocycles. The smallest absolute Gasteiger partial charge is 0.228 e. The third-order valence-electron chi connectivity index (χ3n) is 2.44. The van der Waals surface area contributed by atoms with Crippen molar-refractivity contribution in [1.29, 1.82) is 0 Å². The summed E-state index contributed by atoms with van der Waals surface area (Å²) in [6.45, 7) is 4.29. The van der Waals surface area contributed by atoms with Crippen LogP contribution in [0.15, 0.2) is 23.2 Å². The van der Waals surface area contributed by atoms with E-state index in [1.807, 2.05) is 0 Å². The number of carbonyl (C=O) groups is 1. The van der Waals surface area contributed by atoms with E-state index in [0.29, 0.717) is 28.4 Å². The third-order valence-corrected chi connectivity index (χ3v) is 3.21. The van der Waals surface area contributed by atoms with Crippen LogP contribution in [0, 0.1) is 5.92 Å². The van der Waals surface area contributed by atoms with E-state index in [2.05, 4.69) is 32.7 Å². The summed E-state index contributed by atoms with van der Waals surface area (Å²) in [7, 11) is 0. The first-order valence-corrected chi connectivity index (χ1v) is 5.90. The van der Waals surface area contributed by atoms with Gasteiger partial charge in [-0.25, -0.2) is 0 Å². The summed E-state index contributed by atoms with van der Waals surface area (Å²) in [5.74, 6) is 0.720. The number of amides is 1. The zero-order valence-electron chi connectivity index (χ0n) is 8.36. The lowest BCUT2D eigenvalue weighted by Gasteiger charge is -2.15. The van der Waals surface area contributed by atoms with E-state index < -0.39 is 0 Å². The molecule has 84 valence electrons. The van der Waals surface area contributed by atoms with E-state index in [1.54, 1.807) is 17.0 Å². The van der Waals surface area contributed by atoms with Crippen molar-refractivity contribution in [2.45, 2.75) is 6.42 Å². The number of halogens is 2.